The normalized spacial score (nSPS) is 20.4. The van der Waals surface area contributed by atoms with E-state index in [9.17, 15) is 4.79 Å². The van der Waals surface area contributed by atoms with Gasteiger partial charge in [0.2, 0.25) is 5.91 Å². The standard InChI is InChI=1S/C18H24N4O2/c1-10-6-7-15(11(2)19-10)20-18(23)14-8-9-24-17(14)16-12(3)21-22(5)13(16)4/h6-7,14,17H,8-9H2,1-5H3,(H,20,23)/t14-,17-/m0/s1. The second-order valence-corrected chi connectivity index (χ2v) is 6.47. The molecular weight excluding hydrogens is 304 g/mol. The first-order valence-electron chi connectivity index (χ1n) is 8.25. The fourth-order valence-corrected chi connectivity index (χ4v) is 3.39. The van der Waals surface area contributed by atoms with Crippen molar-refractivity contribution in [1.29, 1.82) is 0 Å². The van der Waals surface area contributed by atoms with Crippen molar-refractivity contribution in [3.8, 4) is 0 Å². The zero-order valence-electron chi connectivity index (χ0n) is 14.9. The van der Waals surface area contributed by atoms with Crippen LogP contribution < -0.4 is 5.32 Å². The van der Waals surface area contributed by atoms with E-state index in [0.717, 1.165) is 34.0 Å². The molecule has 1 saturated heterocycles. The molecule has 1 aliphatic heterocycles. The van der Waals surface area contributed by atoms with E-state index in [-0.39, 0.29) is 17.9 Å². The molecule has 1 aliphatic rings. The SMILES string of the molecule is Cc1ccc(NC(=O)[C@H]2CCO[C@@H]2c2c(C)nn(C)c2C)c(C)n1. The topological polar surface area (TPSA) is 69.0 Å². The minimum Gasteiger partial charge on any atom is -0.373 e. The average molecular weight is 328 g/mol. The number of anilines is 1. The fraction of sp³-hybridized carbons (Fsp3) is 0.500. The van der Waals surface area contributed by atoms with Gasteiger partial charge in [-0.3, -0.25) is 14.5 Å². The summed E-state index contributed by atoms with van der Waals surface area (Å²) in [6, 6.07) is 3.81. The van der Waals surface area contributed by atoms with E-state index >= 15 is 0 Å². The van der Waals surface area contributed by atoms with Crippen LogP contribution in [0.1, 0.15) is 40.9 Å². The van der Waals surface area contributed by atoms with Gasteiger partial charge in [-0.15, -0.1) is 0 Å². The minimum atomic E-state index is -0.239. The number of nitrogens with one attached hydrogen (secondary N) is 1. The molecule has 0 aromatic carbocycles. The summed E-state index contributed by atoms with van der Waals surface area (Å²) in [7, 11) is 1.91. The number of carbonyl (C=O) groups excluding carboxylic acids is 1. The molecule has 0 radical (unpaired) electrons. The predicted octanol–water partition coefficient (Wildman–Crippen LogP) is 2.77. The Labute approximate surface area is 142 Å². The Morgan fingerprint density at radius 2 is 2.00 bits per heavy atom. The Morgan fingerprint density at radius 3 is 2.62 bits per heavy atom. The van der Waals surface area contributed by atoms with Gasteiger partial charge in [-0.1, -0.05) is 0 Å². The predicted molar refractivity (Wildman–Crippen MR) is 91.8 cm³/mol. The van der Waals surface area contributed by atoms with Crippen molar-refractivity contribution in [2.45, 2.75) is 40.2 Å². The molecule has 0 spiro atoms. The van der Waals surface area contributed by atoms with Crippen LogP contribution in [-0.2, 0) is 16.6 Å². The van der Waals surface area contributed by atoms with Gasteiger partial charge >= 0.3 is 0 Å². The van der Waals surface area contributed by atoms with Crippen molar-refractivity contribution in [2.24, 2.45) is 13.0 Å². The quantitative estimate of drug-likeness (QED) is 0.940. The lowest BCUT2D eigenvalue weighted by atomic mass is 9.93. The van der Waals surface area contributed by atoms with E-state index in [0.29, 0.717) is 13.0 Å². The molecule has 0 saturated carbocycles. The van der Waals surface area contributed by atoms with E-state index in [1.165, 1.54) is 0 Å². The highest BCUT2D eigenvalue weighted by Crippen LogP contribution is 2.38. The fourth-order valence-electron chi connectivity index (χ4n) is 3.39. The molecule has 2 aromatic heterocycles. The van der Waals surface area contributed by atoms with Gasteiger partial charge in [-0.25, -0.2) is 0 Å². The van der Waals surface area contributed by atoms with E-state index in [1.54, 1.807) is 0 Å². The molecule has 2 aromatic rings. The molecule has 6 heteroatoms. The number of pyridine rings is 1. The molecule has 1 fully saturated rings. The Bertz CT molecular complexity index is 782. The Hall–Kier alpha value is -2.21. The molecule has 1 amide bonds. The molecule has 6 nitrogen and oxygen atoms in total. The van der Waals surface area contributed by atoms with Gasteiger partial charge in [-0.05, 0) is 46.2 Å². The van der Waals surface area contributed by atoms with Crippen LogP contribution in [0.2, 0.25) is 0 Å². The van der Waals surface area contributed by atoms with Gasteiger partial charge in [0.15, 0.2) is 0 Å². The molecule has 2 atom stereocenters. The summed E-state index contributed by atoms with van der Waals surface area (Å²) in [6.07, 6.45) is 0.472. The second-order valence-electron chi connectivity index (χ2n) is 6.47. The third-order valence-corrected chi connectivity index (χ3v) is 4.76. The van der Waals surface area contributed by atoms with Gasteiger partial charge in [0.1, 0.15) is 0 Å². The molecule has 1 N–H and O–H groups in total. The molecule has 0 bridgehead atoms. The first-order chi connectivity index (χ1) is 11.4. The van der Waals surface area contributed by atoms with Crippen LogP contribution in [0.15, 0.2) is 12.1 Å². The van der Waals surface area contributed by atoms with Gasteiger partial charge in [-0.2, -0.15) is 5.10 Å². The third-order valence-electron chi connectivity index (χ3n) is 4.76. The lowest BCUT2D eigenvalue weighted by molar-refractivity contribution is -0.121. The van der Waals surface area contributed by atoms with Crippen molar-refractivity contribution < 1.29 is 9.53 Å². The number of amides is 1. The molecule has 3 rings (SSSR count). The lowest BCUT2D eigenvalue weighted by Crippen LogP contribution is -2.26. The molecule has 24 heavy (non-hydrogen) atoms. The zero-order chi connectivity index (χ0) is 17.4. The lowest BCUT2D eigenvalue weighted by Gasteiger charge is -2.19. The van der Waals surface area contributed by atoms with E-state index in [4.69, 9.17) is 4.74 Å². The van der Waals surface area contributed by atoms with E-state index in [1.807, 2.05) is 51.6 Å². The minimum absolute atomic E-state index is 0.0195. The van der Waals surface area contributed by atoms with E-state index < -0.39 is 0 Å². The molecule has 0 unspecified atom stereocenters. The summed E-state index contributed by atoms with van der Waals surface area (Å²) in [5, 5.41) is 7.47. The summed E-state index contributed by atoms with van der Waals surface area (Å²) in [6.45, 7) is 8.41. The maximum absolute atomic E-state index is 12.8. The van der Waals surface area contributed by atoms with Crippen LogP contribution in [0.3, 0.4) is 0 Å². The van der Waals surface area contributed by atoms with Crippen molar-refractivity contribution >= 4 is 11.6 Å². The Kier molecular flexibility index (Phi) is 4.41. The number of hydrogen-bond donors (Lipinski definition) is 1. The Morgan fingerprint density at radius 1 is 1.25 bits per heavy atom. The van der Waals surface area contributed by atoms with Crippen LogP contribution in [-0.4, -0.2) is 27.3 Å². The summed E-state index contributed by atoms with van der Waals surface area (Å²) >= 11 is 0. The van der Waals surface area contributed by atoms with Gasteiger partial charge in [0.05, 0.1) is 29.1 Å². The summed E-state index contributed by atoms with van der Waals surface area (Å²) in [5.41, 5.74) is 5.53. The highest BCUT2D eigenvalue weighted by atomic mass is 16.5. The maximum Gasteiger partial charge on any atom is 0.230 e. The molecule has 3 heterocycles. The van der Waals surface area contributed by atoms with Gasteiger partial charge in [0, 0.05) is 30.6 Å². The summed E-state index contributed by atoms with van der Waals surface area (Å²) in [5.74, 6) is -0.235. The number of hydrogen-bond acceptors (Lipinski definition) is 4. The zero-order valence-corrected chi connectivity index (χ0v) is 14.9. The van der Waals surface area contributed by atoms with Crippen LogP contribution >= 0.6 is 0 Å². The van der Waals surface area contributed by atoms with Crippen LogP contribution in [0, 0.1) is 33.6 Å². The van der Waals surface area contributed by atoms with Crippen molar-refractivity contribution in [3.63, 3.8) is 0 Å². The molecule has 128 valence electrons. The molecular formula is C18H24N4O2. The third kappa shape index (κ3) is 2.94. The number of carbonyl (C=O) groups is 1. The number of rotatable bonds is 3. The second kappa shape index (κ2) is 6.36. The molecule has 0 aliphatic carbocycles. The number of aromatic nitrogens is 3. The summed E-state index contributed by atoms with van der Waals surface area (Å²) in [4.78, 5) is 17.2. The van der Waals surface area contributed by atoms with Crippen LogP contribution in [0.5, 0.6) is 0 Å². The smallest absolute Gasteiger partial charge is 0.230 e. The first-order valence-corrected chi connectivity index (χ1v) is 8.25. The monoisotopic (exact) mass is 328 g/mol. The first kappa shape index (κ1) is 16.6. The maximum atomic E-state index is 12.8. The number of ether oxygens (including phenoxy) is 1. The number of nitrogens with zero attached hydrogens (tertiary/aromatic N) is 3. The van der Waals surface area contributed by atoms with Crippen LogP contribution in [0.25, 0.3) is 0 Å². The summed E-state index contributed by atoms with van der Waals surface area (Å²) < 4.78 is 7.75. The van der Waals surface area contributed by atoms with Crippen LogP contribution in [0.4, 0.5) is 5.69 Å². The largest absolute Gasteiger partial charge is 0.373 e. The van der Waals surface area contributed by atoms with E-state index in [2.05, 4.69) is 15.4 Å². The average Bonchev–Trinajstić information content (AvgIpc) is 3.07. The highest BCUT2D eigenvalue weighted by molar-refractivity contribution is 5.93. The Balaban J connectivity index is 1.83. The highest BCUT2D eigenvalue weighted by Gasteiger charge is 2.38. The van der Waals surface area contributed by atoms with Crippen molar-refractivity contribution in [1.82, 2.24) is 14.8 Å². The number of aryl methyl sites for hydroxylation is 4. The van der Waals surface area contributed by atoms with Gasteiger partial charge < -0.3 is 10.1 Å². The van der Waals surface area contributed by atoms with Crippen molar-refractivity contribution in [3.05, 3.63) is 40.5 Å². The van der Waals surface area contributed by atoms with Gasteiger partial charge in [0.25, 0.3) is 0 Å². The van der Waals surface area contributed by atoms with Crippen molar-refractivity contribution in [2.75, 3.05) is 11.9 Å².